The van der Waals surface area contributed by atoms with E-state index in [1.807, 2.05) is 30.3 Å². The summed E-state index contributed by atoms with van der Waals surface area (Å²) in [5.74, 6) is 0.223. The maximum atomic E-state index is 11.8. The molecule has 86 valence electrons. The van der Waals surface area contributed by atoms with Crippen LogP contribution >= 0.6 is 0 Å². The second-order valence-corrected chi connectivity index (χ2v) is 4.39. The number of nitrogens with two attached hydrogens (primary N) is 1. The molecule has 3 nitrogen and oxygen atoms in total. The van der Waals surface area contributed by atoms with Crippen LogP contribution in [0.5, 0.6) is 0 Å². The van der Waals surface area contributed by atoms with Crippen molar-refractivity contribution in [1.29, 1.82) is 0 Å². The molecule has 3 heteroatoms. The van der Waals surface area contributed by atoms with Crippen molar-refractivity contribution in [2.75, 3.05) is 19.6 Å². The van der Waals surface area contributed by atoms with Gasteiger partial charge in [0.15, 0.2) is 5.78 Å². The fraction of sp³-hybridized carbons (Fsp3) is 0.462. The van der Waals surface area contributed by atoms with Gasteiger partial charge in [-0.2, -0.15) is 0 Å². The molecular weight excluding hydrogens is 200 g/mol. The number of carbonyl (C=O) groups is 1. The fourth-order valence-corrected chi connectivity index (χ4v) is 2.09. The van der Waals surface area contributed by atoms with Crippen molar-refractivity contribution in [1.82, 2.24) is 4.90 Å². The topological polar surface area (TPSA) is 46.3 Å². The Hall–Kier alpha value is -1.19. The monoisotopic (exact) mass is 218 g/mol. The van der Waals surface area contributed by atoms with Crippen molar-refractivity contribution >= 4 is 5.78 Å². The van der Waals surface area contributed by atoms with E-state index < -0.39 is 0 Å². The van der Waals surface area contributed by atoms with Crippen LogP contribution in [0.25, 0.3) is 0 Å². The third-order valence-corrected chi connectivity index (χ3v) is 3.06. The van der Waals surface area contributed by atoms with E-state index in [9.17, 15) is 4.79 Å². The number of Topliss-reactive ketones (excluding diaryl/α,β-unsaturated/α-hetero) is 1. The third-order valence-electron chi connectivity index (χ3n) is 3.06. The lowest BCUT2D eigenvalue weighted by Gasteiger charge is -2.14. The Morgan fingerprint density at radius 1 is 1.38 bits per heavy atom. The van der Waals surface area contributed by atoms with Crippen LogP contribution < -0.4 is 5.73 Å². The maximum Gasteiger partial charge on any atom is 0.164 e. The summed E-state index contributed by atoms with van der Waals surface area (Å²) >= 11 is 0. The maximum absolute atomic E-state index is 11.8. The van der Waals surface area contributed by atoms with Crippen LogP contribution in [-0.2, 0) is 0 Å². The zero-order chi connectivity index (χ0) is 11.4. The molecule has 1 aromatic rings. The molecule has 0 bridgehead atoms. The summed E-state index contributed by atoms with van der Waals surface area (Å²) in [5, 5.41) is 0. The van der Waals surface area contributed by atoms with Crippen molar-refractivity contribution in [3.05, 3.63) is 35.9 Å². The van der Waals surface area contributed by atoms with Crippen LogP contribution in [0.3, 0.4) is 0 Å². The van der Waals surface area contributed by atoms with Crippen molar-refractivity contribution in [2.45, 2.75) is 18.9 Å². The molecule has 0 aromatic heterocycles. The van der Waals surface area contributed by atoms with Crippen molar-refractivity contribution in [3.63, 3.8) is 0 Å². The quantitative estimate of drug-likeness (QED) is 0.775. The van der Waals surface area contributed by atoms with E-state index in [1.165, 1.54) is 0 Å². The second kappa shape index (κ2) is 5.23. The standard InChI is InChI=1S/C13H18N2O/c14-12-6-8-15(10-12)9-7-13(16)11-4-2-1-3-5-11/h1-5,12H,6-10,14H2. The lowest BCUT2D eigenvalue weighted by atomic mass is 10.1. The summed E-state index contributed by atoms with van der Waals surface area (Å²) in [5.41, 5.74) is 6.63. The van der Waals surface area contributed by atoms with Gasteiger partial charge in [-0.05, 0) is 13.0 Å². The van der Waals surface area contributed by atoms with E-state index in [4.69, 9.17) is 5.73 Å². The molecule has 0 amide bonds. The molecule has 1 saturated heterocycles. The average Bonchev–Trinajstić information content (AvgIpc) is 2.73. The molecule has 1 unspecified atom stereocenters. The summed E-state index contributed by atoms with van der Waals surface area (Å²) in [6, 6.07) is 9.77. The van der Waals surface area contributed by atoms with Crippen LogP contribution in [-0.4, -0.2) is 36.4 Å². The van der Waals surface area contributed by atoms with Crippen LogP contribution in [0, 0.1) is 0 Å². The molecule has 0 aliphatic carbocycles. The molecule has 1 aliphatic rings. The Kier molecular flexibility index (Phi) is 3.70. The van der Waals surface area contributed by atoms with Gasteiger partial charge in [0.1, 0.15) is 0 Å². The minimum atomic E-state index is 0.223. The Balaban J connectivity index is 1.80. The van der Waals surface area contributed by atoms with Crippen molar-refractivity contribution in [3.8, 4) is 0 Å². The van der Waals surface area contributed by atoms with E-state index in [-0.39, 0.29) is 5.78 Å². The third kappa shape index (κ3) is 2.90. The molecule has 0 saturated carbocycles. The molecule has 0 radical (unpaired) electrons. The summed E-state index contributed by atoms with van der Waals surface area (Å²) in [7, 11) is 0. The van der Waals surface area contributed by atoms with Crippen molar-refractivity contribution in [2.24, 2.45) is 5.73 Å². The second-order valence-electron chi connectivity index (χ2n) is 4.39. The molecule has 1 aromatic carbocycles. The van der Waals surface area contributed by atoms with Gasteiger partial charge >= 0.3 is 0 Å². The van der Waals surface area contributed by atoms with E-state index in [0.717, 1.165) is 31.6 Å². The summed E-state index contributed by atoms with van der Waals surface area (Å²) in [6.07, 6.45) is 1.65. The first kappa shape index (κ1) is 11.3. The Labute approximate surface area is 96.2 Å². The SMILES string of the molecule is NC1CCN(CCC(=O)c2ccccc2)C1. The van der Waals surface area contributed by atoms with Gasteiger partial charge in [-0.3, -0.25) is 4.79 Å². The van der Waals surface area contributed by atoms with E-state index in [0.29, 0.717) is 12.5 Å². The molecule has 1 fully saturated rings. The van der Waals surface area contributed by atoms with Crippen LogP contribution in [0.2, 0.25) is 0 Å². The lowest BCUT2D eigenvalue weighted by molar-refractivity contribution is 0.0968. The first-order valence-corrected chi connectivity index (χ1v) is 5.82. The summed E-state index contributed by atoms with van der Waals surface area (Å²) < 4.78 is 0. The Morgan fingerprint density at radius 2 is 2.12 bits per heavy atom. The Bertz CT molecular complexity index is 350. The largest absolute Gasteiger partial charge is 0.326 e. The number of hydrogen-bond donors (Lipinski definition) is 1. The molecule has 16 heavy (non-hydrogen) atoms. The predicted molar refractivity (Wildman–Crippen MR) is 64.4 cm³/mol. The zero-order valence-electron chi connectivity index (χ0n) is 9.43. The van der Waals surface area contributed by atoms with Gasteiger partial charge in [0.2, 0.25) is 0 Å². The van der Waals surface area contributed by atoms with E-state index in [1.54, 1.807) is 0 Å². The van der Waals surface area contributed by atoms with Crippen LogP contribution in [0.4, 0.5) is 0 Å². The van der Waals surface area contributed by atoms with Gasteiger partial charge in [0, 0.05) is 31.1 Å². The highest BCUT2D eigenvalue weighted by atomic mass is 16.1. The van der Waals surface area contributed by atoms with Gasteiger partial charge in [-0.15, -0.1) is 0 Å². The highest BCUT2D eigenvalue weighted by Crippen LogP contribution is 2.09. The number of ketones is 1. The molecular formula is C13H18N2O. The fourth-order valence-electron chi connectivity index (χ4n) is 2.09. The highest BCUT2D eigenvalue weighted by Gasteiger charge is 2.19. The van der Waals surface area contributed by atoms with Crippen LogP contribution in [0.1, 0.15) is 23.2 Å². The average molecular weight is 218 g/mol. The zero-order valence-corrected chi connectivity index (χ0v) is 9.43. The molecule has 0 spiro atoms. The minimum Gasteiger partial charge on any atom is -0.326 e. The van der Waals surface area contributed by atoms with Gasteiger partial charge in [-0.25, -0.2) is 0 Å². The molecule has 2 N–H and O–H groups in total. The minimum absolute atomic E-state index is 0.223. The summed E-state index contributed by atoms with van der Waals surface area (Å²) in [6.45, 7) is 2.80. The van der Waals surface area contributed by atoms with Crippen LogP contribution in [0.15, 0.2) is 30.3 Å². The molecule has 1 aliphatic heterocycles. The van der Waals surface area contributed by atoms with Gasteiger partial charge in [0.25, 0.3) is 0 Å². The van der Waals surface area contributed by atoms with E-state index in [2.05, 4.69) is 4.90 Å². The Morgan fingerprint density at radius 3 is 2.75 bits per heavy atom. The lowest BCUT2D eigenvalue weighted by Crippen LogP contribution is -2.28. The number of nitrogens with zero attached hydrogens (tertiary/aromatic N) is 1. The number of likely N-dealkylation sites (tertiary alicyclic amines) is 1. The molecule has 1 heterocycles. The normalized spacial score (nSPS) is 21.2. The molecule has 1 atom stereocenters. The number of carbonyl (C=O) groups excluding carboxylic acids is 1. The van der Waals surface area contributed by atoms with Gasteiger partial charge < -0.3 is 10.6 Å². The smallest absolute Gasteiger partial charge is 0.164 e. The first-order chi connectivity index (χ1) is 7.75. The van der Waals surface area contributed by atoms with Crippen molar-refractivity contribution < 1.29 is 4.79 Å². The van der Waals surface area contributed by atoms with Gasteiger partial charge in [0.05, 0.1) is 0 Å². The predicted octanol–water partition coefficient (Wildman–Crippen LogP) is 1.29. The van der Waals surface area contributed by atoms with Gasteiger partial charge in [-0.1, -0.05) is 30.3 Å². The highest BCUT2D eigenvalue weighted by molar-refractivity contribution is 5.96. The van der Waals surface area contributed by atoms with E-state index >= 15 is 0 Å². The first-order valence-electron chi connectivity index (χ1n) is 5.82. The number of benzene rings is 1. The molecule has 2 rings (SSSR count). The number of rotatable bonds is 4. The summed E-state index contributed by atoms with van der Waals surface area (Å²) in [4.78, 5) is 14.1. The number of hydrogen-bond acceptors (Lipinski definition) is 3.